The summed E-state index contributed by atoms with van der Waals surface area (Å²) in [5.74, 6) is 0.880. The van der Waals surface area contributed by atoms with Gasteiger partial charge in [-0.05, 0) is 37.6 Å². The van der Waals surface area contributed by atoms with E-state index >= 15 is 0 Å². The molecule has 0 saturated heterocycles. The summed E-state index contributed by atoms with van der Waals surface area (Å²) in [6.45, 7) is 3.85. The first-order valence-electron chi connectivity index (χ1n) is 7.42. The smallest absolute Gasteiger partial charge is 0.120 e. The molecule has 0 saturated carbocycles. The monoisotopic (exact) mass is 284 g/mol. The Kier molecular flexibility index (Phi) is 5.64. The van der Waals surface area contributed by atoms with Gasteiger partial charge in [-0.15, -0.1) is 0 Å². The van der Waals surface area contributed by atoms with E-state index in [1.807, 2.05) is 18.2 Å². The quantitative estimate of drug-likeness (QED) is 0.844. The first-order valence-corrected chi connectivity index (χ1v) is 7.42. The summed E-state index contributed by atoms with van der Waals surface area (Å²) in [5, 5.41) is 0. The van der Waals surface area contributed by atoms with Crippen molar-refractivity contribution in [3.63, 3.8) is 0 Å². The fraction of sp³-hybridized carbons (Fsp3) is 0.333. The van der Waals surface area contributed by atoms with E-state index in [-0.39, 0.29) is 0 Å². The highest BCUT2D eigenvalue weighted by Gasteiger charge is 2.16. The molecule has 0 radical (unpaired) electrons. The van der Waals surface area contributed by atoms with Crippen LogP contribution in [0.3, 0.4) is 0 Å². The molecule has 1 unspecified atom stereocenters. The van der Waals surface area contributed by atoms with Crippen molar-refractivity contribution in [3.05, 3.63) is 60.2 Å². The zero-order valence-corrected chi connectivity index (χ0v) is 12.8. The summed E-state index contributed by atoms with van der Waals surface area (Å²) in [6, 6.07) is 19.0. The first kappa shape index (κ1) is 15.4. The lowest BCUT2D eigenvalue weighted by molar-refractivity contribution is 0.414. The third-order valence-corrected chi connectivity index (χ3v) is 3.74. The molecule has 21 heavy (non-hydrogen) atoms. The fourth-order valence-corrected chi connectivity index (χ4v) is 2.51. The number of nitrogens with two attached hydrogens (primary N) is 1. The van der Waals surface area contributed by atoms with Crippen molar-refractivity contribution >= 4 is 5.69 Å². The van der Waals surface area contributed by atoms with Crippen LogP contribution in [0.5, 0.6) is 5.75 Å². The van der Waals surface area contributed by atoms with Crippen LogP contribution in [0.1, 0.15) is 24.9 Å². The Bertz CT molecular complexity index is 542. The molecule has 0 aliphatic carbocycles. The van der Waals surface area contributed by atoms with Crippen molar-refractivity contribution in [1.29, 1.82) is 0 Å². The summed E-state index contributed by atoms with van der Waals surface area (Å²) in [4.78, 5) is 2.38. The molecule has 0 fully saturated rings. The lowest BCUT2D eigenvalue weighted by atomic mass is 10.1. The summed E-state index contributed by atoms with van der Waals surface area (Å²) < 4.78 is 5.34. The van der Waals surface area contributed by atoms with Gasteiger partial charge in [-0.25, -0.2) is 0 Å². The zero-order valence-electron chi connectivity index (χ0n) is 12.8. The van der Waals surface area contributed by atoms with Crippen molar-refractivity contribution in [2.75, 3.05) is 25.1 Å². The number of ether oxygens (including phenoxy) is 1. The van der Waals surface area contributed by atoms with Crippen molar-refractivity contribution in [3.8, 4) is 5.75 Å². The number of methoxy groups -OCH3 is 1. The van der Waals surface area contributed by atoms with Gasteiger partial charge in [0.1, 0.15) is 5.75 Å². The molecule has 112 valence electrons. The highest BCUT2D eigenvalue weighted by molar-refractivity contribution is 5.52. The average molecular weight is 284 g/mol. The third-order valence-electron chi connectivity index (χ3n) is 3.74. The molecule has 0 aromatic heterocycles. The standard InChI is InChI=1S/C18H24N2O/c1-15(16-8-4-3-5-9-16)20(13-7-12-19)17-10-6-11-18(14-17)21-2/h3-6,8-11,14-15H,7,12-13,19H2,1-2H3. The van der Waals surface area contributed by atoms with Crippen LogP contribution in [-0.4, -0.2) is 20.2 Å². The second-order valence-corrected chi connectivity index (χ2v) is 5.12. The number of hydrogen-bond donors (Lipinski definition) is 1. The SMILES string of the molecule is COc1cccc(N(CCCN)C(C)c2ccccc2)c1. The molecule has 1 atom stereocenters. The molecule has 0 aliphatic heterocycles. The van der Waals surface area contributed by atoms with Crippen LogP contribution >= 0.6 is 0 Å². The summed E-state index contributed by atoms with van der Waals surface area (Å²) in [5.41, 5.74) is 8.17. The van der Waals surface area contributed by atoms with Gasteiger partial charge in [0.25, 0.3) is 0 Å². The Morgan fingerprint density at radius 3 is 2.52 bits per heavy atom. The van der Waals surface area contributed by atoms with E-state index in [1.54, 1.807) is 7.11 Å². The van der Waals surface area contributed by atoms with Gasteiger partial charge >= 0.3 is 0 Å². The van der Waals surface area contributed by atoms with Gasteiger partial charge in [-0.1, -0.05) is 36.4 Å². The second kappa shape index (κ2) is 7.70. The zero-order chi connectivity index (χ0) is 15.1. The minimum absolute atomic E-state index is 0.296. The highest BCUT2D eigenvalue weighted by atomic mass is 16.5. The molecule has 0 aliphatic rings. The average Bonchev–Trinajstić information content (AvgIpc) is 2.56. The van der Waals surface area contributed by atoms with Crippen LogP contribution in [0.25, 0.3) is 0 Å². The summed E-state index contributed by atoms with van der Waals surface area (Å²) in [7, 11) is 1.70. The van der Waals surface area contributed by atoms with E-state index in [0.717, 1.165) is 18.7 Å². The molecule has 0 heterocycles. The lowest BCUT2D eigenvalue weighted by Crippen LogP contribution is -2.29. The number of benzene rings is 2. The molecule has 2 aromatic carbocycles. The van der Waals surface area contributed by atoms with Gasteiger partial charge in [0, 0.05) is 18.3 Å². The molecule has 3 heteroatoms. The fourth-order valence-electron chi connectivity index (χ4n) is 2.51. The van der Waals surface area contributed by atoms with Gasteiger partial charge in [-0.3, -0.25) is 0 Å². The molecule has 0 amide bonds. The van der Waals surface area contributed by atoms with Crippen LogP contribution in [-0.2, 0) is 0 Å². The van der Waals surface area contributed by atoms with Crippen LogP contribution in [0.2, 0.25) is 0 Å². The molecule has 0 bridgehead atoms. The van der Waals surface area contributed by atoms with Crippen LogP contribution in [0.15, 0.2) is 54.6 Å². The van der Waals surface area contributed by atoms with Gasteiger partial charge in [0.2, 0.25) is 0 Å². The van der Waals surface area contributed by atoms with Gasteiger partial charge in [-0.2, -0.15) is 0 Å². The molecule has 3 nitrogen and oxygen atoms in total. The maximum absolute atomic E-state index is 5.70. The molecule has 2 rings (SSSR count). The maximum Gasteiger partial charge on any atom is 0.120 e. The summed E-state index contributed by atoms with van der Waals surface area (Å²) >= 11 is 0. The third kappa shape index (κ3) is 3.99. The van der Waals surface area contributed by atoms with Gasteiger partial charge in [0.15, 0.2) is 0 Å². The Balaban J connectivity index is 2.28. The predicted octanol–water partition coefficient (Wildman–Crippen LogP) is 3.61. The number of anilines is 1. The van der Waals surface area contributed by atoms with E-state index in [0.29, 0.717) is 12.6 Å². The van der Waals surface area contributed by atoms with E-state index in [2.05, 4.69) is 48.2 Å². The Morgan fingerprint density at radius 2 is 1.86 bits per heavy atom. The van der Waals surface area contributed by atoms with Crippen LogP contribution in [0, 0.1) is 0 Å². The van der Waals surface area contributed by atoms with Crippen molar-refractivity contribution < 1.29 is 4.74 Å². The summed E-state index contributed by atoms with van der Waals surface area (Å²) in [6.07, 6.45) is 0.967. The minimum Gasteiger partial charge on any atom is -0.497 e. The van der Waals surface area contributed by atoms with E-state index in [9.17, 15) is 0 Å². The Morgan fingerprint density at radius 1 is 1.10 bits per heavy atom. The number of nitrogens with zero attached hydrogens (tertiary/aromatic N) is 1. The molecule has 2 N–H and O–H groups in total. The second-order valence-electron chi connectivity index (χ2n) is 5.12. The topological polar surface area (TPSA) is 38.5 Å². The van der Waals surface area contributed by atoms with E-state index in [1.165, 1.54) is 11.3 Å². The van der Waals surface area contributed by atoms with Crippen molar-refractivity contribution in [2.24, 2.45) is 5.73 Å². The van der Waals surface area contributed by atoms with Gasteiger partial charge in [0.05, 0.1) is 13.2 Å². The first-order chi connectivity index (χ1) is 10.3. The minimum atomic E-state index is 0.296. The van der Waals surface area contributed by atoms with Crippen LogP contribution in [0.4, 0.5) is 5.69 Å². The molecule has 2 aromatic rings. The molecular formula is C18H24N2O. The van der Waals surface area contributed by atoms with Crippen molar-refractivity contribution in [2.45, 2.75) is 19.4 Å². The Hall–Kier alpha value is -2.00. The normalized spacial score (nSPS) is 12.0. The number of rotatable bonds is 7. The predicted molar refractivity (Wildman–Crippen MR) is 88.9 cm³/mol. The number of hydrogen-bond acceptors (Lipinski definition) is 3. The largest absolute Gasteiger partial charge is 0.497 e. The van der Waals surface area contributed by atoms with Crippen molar-refractivity contribution in [1.82, 2.24) is 0 Å². The lowest BCUT2D eigenvalue weighted by Gasteiger charge is -2.32. The highest BCUT2D eigenvalue weighted by Crippen LogP contribution is 2.29. The maximum atomic E-state index is 5.70. The van der Waals surface area contributed by atoms with Crippen LogP contribution < -0.4 is 15.4 Å². The molecule has 0 spiro atoms. The Labute approximate surface area is 127 Å². The molecular weight excluding hydrogens is 260 g/mol. The van der Waals surface area contributed by atoms with E-state index in [4.69, 9.17) is 10.5 Å². The van der Waals surface area contributed by atoms with E-state index < -0.39 is 0 Å². The van der Waals surface area contributed by atoms with Gasteiger partial charge < -0.3 is 15.4 Å².